The van der Waals surface area contributed by atoms with Crippen molar-refractivity contribution in [2.45, 2.75) is 19.0 Å². The first-order valence-corrected chi connectivity index (χ1v) is 6.16. The summed E-state index contributed by atoms with van der Waals surface area (Å²) in [5.41, 5.74) is 6.81. The molecule has 1 rings (SSSR count). The highest BCUT2D eigenvalue weighted by Crippen LogP contribution is 2.11. The number of carbonyl (C=O) groups is 1. The molecule has 1 amide bonds. The minimum absolute atomic E-state index is 0.0815. The summed E-state index contributed by atoms with van der Waals surface area (Å²) in [6, 6.07) is 6.89. The number of ether oxygens (including phenoxy) is 1. The number of carbonyl (C=O) groups excluding carboxylic acids is 1. The van der Waals surface area contributed by atoms with Crippen LogP contribution in [0.3, 0.4) is 0 Å². The standard InChI is InChI=1S/C13H19ClN2O2/c1-16(13(17)12(15)7-8-18-2)9-10-3-5-11(14)6-4-10/h3-6,12H,7-9,15H2,1-2H3. The van der Waals surface area contributed by atoms with Crippen LogP contribution in [0.2, 0.25) is 5.02 Å². The summed E-state index contributed by atoms with van der Waals surface area (Å²) in [7, 11) is 3.33. The molecule has 100 valence electrons. The van der Waals surface area contributed by atoms with Gasteiger partial charge in [-0.2, -0.15) is 0 Å². The van der Waals surface area contributed by atoms with Crippen molar-refractivity contribution in [3.05, 3.63) is 34.9 Å². The number of nitrogens with zero attached hydrogens (tertiary/aromatic N) is 1. The number of rotatable bonds is 6. The smallest absolute Gasteiger partial charge is 0.239 e. The molecule has 0 aliphatic carbocycles. The molecule has 4 nitrogen and oxygen atoms in total. The lowest BCUT2D eigenvalue weighted by molar-refractivity contribution is -0.132. The average Bonchev–Trinajstić information content (AvgIpc) is 2.37. The number of methoxy groups -OCH3 is 1. The minimum Gasteiger partial charge on any atom is -0.385 e. The Morgan fingerprint density at radius 3 is 2.61 bits per heavy atom. The molecule has 5 heteroatoms. The average molecular weight is 271 g/mol. The van der Waals surface area contributed by atoms with Crippen LogP contribution in [0.15, 0.2) is 24.3 Å². The van der Waals surface area contributed by atoms with E-state index in [2.05, 4.69) is 0 Å². The summed E-state index contributed by atoms with van der Waals surface area (Å²) in [6.45, 7) is 1.01. The number of nitrogens with two attached hydrogens (primary N) is 1. The van der Waals surface area contributed by atoms with Crippen LogP contribution in [0.1, 0.15) is 12.0 Å². The lowest BCUT2D eigenvalue weighted by atomic mass is 10.1. The summed E-state index contributed by atoms with van der Waals surface area (Å²) in [5.74, 6) is -0.0815. The zero-order valence-electron chi connectivity index (χ0n) is 10.7. The van der Waals surface area contributed by atoms with Gasteiger partial charge in [0.2, 0.25) is 5.91 Å². The van der Waals surface area contributed by atoms with E-state index in [-0.39, 0.29) is 5.91 Å². The first kappa shape index (κ1) is 15.0. The summed E-state index contributed by atoms with van der Waals surface area (Å²) in [4.78, 5) is 13.6. The van der Waals surface area contributed by atoms with Gasteiger partial charge in [-0.05, 0) is 24.1 Å². The van der Waals surface area contributed by atoms with Crippen LogP contribution in [0.4, 0.5) is 0 Å². The lowest BCUT2D eigenvalue weighted by Gasteiger charge is -2.21. The van der Waals surface area contributed by atoms with Gasteiger partial charge in [-0.3, -0.25) is 4.79 Å². The maximum atomic E-state index is 11.9. The maximum absolute atomic E-state index is 11.9. The van der Waals surface area contributed by atoms with E-state index in [1.54, 1.807) is 31.2 Å². The third kappa shape index (κ3) is 4.64. The molecule has 18 heavy (non-hydrogen) atoms. The molecular formula is C13H19ClN2O2. The molecule has 1 atom stereocenters. The molecule has 0 aliphatic rings. The van der Waals surface area contributed by atoms with Gasteiger partial charge >= 0.3 is 0 Å². The zero-order chi connectivity index (χ0) is 13.5. The Labute approximate surface area is 113 Å². The molecule has 2 N–H and O–H groups in total. The van der Waals surface area contributed by atoms with E-state index in [4.69, 9.17) is 22.1 Å². The van der Waals surface area contributed by atoms with Gasteiger partial charge in [0, 0.05) is 32.3 Å². The number of hydrogen-bond acceptors (Lipinski definition) is 3. The second kappa shape index (κ2) is 7.36. The number of hydrogen-bond donors (Lipinski definition) is 1. The van der Waals surface area contributed by atoms with E-state index >= 15 is 0 Å². The molecule has 0 spiro atoms. The molecule has 1 aromatic carbocycles. The van der Waals surface area contributed by atoms with Gasteiger partial charge in [0.25, 0.3) is 0 Å². The molecular weight excluding hydrogens is 252 g/mol. The third-order valence-corrected chi connectivity index (χ3v) is 2.91. The van der Waals surface area contributed by atoms with Crippen LogP contribution in [0.5, 0.6) is 0 Å². The first-order chi connectivity index (χ1) is 8.54. The van der Waals surface area contributed by atoms with E-state index < -0.39 is 6.04 Å². The van der Waals surface area contributed by atoms with Crippen molar-refractivity contribution in [3.8, 4) is 0 Å². The fourth-order valence-electron chi connectivity index (χ4n) is 1.59. The number of likely N-dealkylation sites (N-methyl/N-ethyl adjacent to an activating group) is 1. The van der Waals surface area contributed by atoms with Gasteiger partial charge in [0.15, 0.2) is 0 Å². The quantitative estimate of drug-likeness (QED) is 0.855. The van der Waals surface area contributed by atoms with Crippen molar-refractivity contribution >= 4 is 17.5 Å². The van der Waals surface area contributed by atoms with Crippen LogP contribution in [0.25, 0.3) is 0 Å². The van der Waals surface area contributed by atoms with E-state index in [1.807, 2.05) is 12.1 Å². The Morgan fingerprint density at radius 1 is 1.44 bits per heavy atom. The Hall–Kier alpha value is -1.10. The summed E-state index contributed by atoms with van der Waals surface area (Å²) in [6.07, 6.45) is 0.528. The van der Waals surface area contributed by atoms with E-state index in [0.29, 0.717) is 24.6 Å². The van der Waals surface area contributed by atoms with Crippen molar-refractivity contribution in [2.24, 2.45) is 5.73 Å². The molecule has 0 aliphatic heterocycles. The molecule has 0 radical (unpaired) electrons. The summed E-state index contributed by atoms with van der Waals surface area (Å²) in [5, 5.41) is 0.685. The van der Waals surface area contributed by atoms with Crippen LogP contribution in [-0.4, -0.2) is 37.6 Å². The molecule has 0 aromatic heterocycles. The number of benzene rings is 1. The highest BCUT2D eigenvalue weighted by Gasteiger charge is 2.17. The molecule has 1 aromatic rings. The minimum atomic E-state index is -0.512. The lowest BCUT2D eigenvalue weighted by Crippen LogP contribution is -2.42. The van der Waals surface area contributed by atoms with Crippen molar-refractivity contribution in [2.75, 3.05) is 20.8 Å². The molecule has 0 bridgehead atoms. The molecule has 0 heterocycles. The van der Waals surface area contributed by atoms with E-state index in [1.165, 1.54) is 0 Å². The Morgan fingerprint density at radius 2 is 2.06 bits per heavy atom. The second-order valence-electron chi connectivity index (χ2n) is 4.21. The first-order valence-electron chi connectivity index (χ1n) is 5.78. The Balaban J connectivity index is 2.51. The number of amides is 1. The fourth-order valence-corrected chi connectivity index (χ4v) is 1.72. The van der Waals surface area contributed by atoms with Crippen molar-refractivity contribution < 1.29 is 9.53 Å². The van der Waals surface area contributed by atoms with Gasteiger partial charge in [0.1, 0.15) is 0 Å². The molecule has 0 fully saturated rings. The van der Waals surface area contributed by atoms with E-state index in [9.17, 15) is 4.79 Å². The second-order valence-corrected chi connectivity index (χ2v) is 4.65. The predicted molar refractivity (Wildman–Crippen MR) is 72.4 cm³/mol. The normalized spacial score (nSPS) is 12.2. The van der Waals surface area contributed by atoms with Crippen molar-refractivity contribution in [3.63, 3.8) is 0 Å². The Kier molecular flexibility index (Phi) is 6.12. The van der Waals surface area contributed by atoms with E-state index in [0.717, 1.165) is 5.56 Å². The van der Waals surface area contributed by atoms with Crippen LogP contribution >= 0.6 is 11.6 Å². The Bertz CT molecular complexity index is 381. The molecule has 1 unspecified atom stereocenters. The zero-order valence-corrected chi connectivity index (χ0v) is 11.5. The van der Waals surface area contributed by atoms with Crippen molar-refractivity contribution in [1.29, 1.82) is 0 Å². The highest BCUT2D eigenvalue weighted by atomic mass is 35.5. The third-order valence-electron chi connectivity index (χ3n) is 2.66. The highest BCUT2D eigenvalue weighted by molar-refractivity contribution is 6.30. The topological polar surface area (TPSA) is 55.6 Å². The molecule has 0 saturated carbocycles. The van der Waals surface area contributed by atoms with Gasteiger partial charge in [-0.25, -0.2) is 0 Å². The largest absolute Gasteiger partial charge is 0.385 e. The van der Waals surface area contributed by atoms with Crippen LogP contribution in [-0.2, 0) is 16.1 Å². The summed E-state index contributed by atoms with van der Waals surface area (Å²) >= 11 is 5.80. The predicted octanol–water partition coefficient (Wildman–Crippen LogP) is 1.66. The maximum Gasteiger partial charge on any atom is 0.239 e. The fraction of sp³-hybridized carbons (Fsp3) is 0.462. The van der Waals surface area contributed by atoms with Gasteiger partial charge in [0.05, 0.1) is 6.04 Å². The number of halogens is 1. The monoisotopic (exact) mass is 270 g/mol. The van der Waals surface area contributed by atoms with Crippen molar-refractivity contribution in [1.82, 2.24) is 4.90 Å². The van der Waals surface area contributed by atoms with Gasteiger partial charge in [-0.1, -0.05) is 23.7 Å². The van der Waals surface area contributed by atoms with Gasteiger partial charge in [-0.15, -0.1) is 0 Å². The molecule has 0 saturated heterocycles. The van der Waals surface area contributed by atoms with Crippen LogP contribution in [0, 0.1) is 0 Å². The van der Waals surface area contributed by atoms with Crippen LogP contribution < -0.4 is 5.73 Å². The summed E-state index contributed by atoms with van der Waals surface area (Å²) < 4.78 is 4.91. The van der Waals surface area contributed by atoms with Gasteiger partial charge < -0.3 is 15.4 Å². The SMILES string of the molecule is COCCC(N)C(=O)N(C)Cc1ccc(Cl)cc1.